The number of carbonyl (C=O) groups is 2. The summed E-state index contributed by atoms with van der Waals surface area (Å²) < 4.78 is 12.4. The molecule has 0 bridgehead atoms. The summed E-state index contributed by atoms with van der Waals surface area (Å²) >= 11 is 7.63. The van der Waals surface area contributed by atoms with Gasteiger partial charge in [-0.1, -0.05) is 37.6 Å². The number of esters is 1. The number of benzene rings is 1. The lowest BCUT2D eigenvalue weighted by atomic mass is 10.2. The summed E-state index contributed by atoms with van der Waals surface area (Å²) in [6.45, 7) is 7.80. The third kappa shape index (κ3) is 5.11. The fourth-order valence-corrected chi connectivity index (χ4v) is 4.34. The number of amides is 1. The first-order valence-corrected chi connectivity index (χ1v) is 11.3. The molecular weight excluding hydrogens is 452 g/mol. The van der Waals surface area contributed by atoms with Crippen LogP contribution >= 0.6 is 22.9 Å². The van der Waals surface area contributed by atoms with E-state index >= 15 is 0 Å². The molecule has 0 radical (unpaired) electrons. The summed E-state index contributed by atoms with van der Waals surface area (Å²) in [6.07, 6.45) is 0. The molecule has 1 aromatic carbocycles. The van der Waals surface area contributed by atoms with Crippen molar-refractivity contribution in [3.8, 4) is 5.75 Å². The molecule has 1 amide bonds. The SMILES string of the molecule is COc1ccccc1N(C(C)=O)c1nc(COC(=O)c2c(C)nn(CC(C)C)c2Cl)cs1. The van der Waals surface area contributed by atoms with E-state index in [1.807, 2.05) is 26.0 Å². The van der Waals surface area contributed by atoms with Gasteiger partial charge in [0.25, 0.3) is 0 Å². The topological polar surface area (TPSA) is 86.5 Å². The molecule has 2 aromatic heterocycles. The summed E-state index contributed by atoms with van der Waals surface area (Å²) in [7, 11) is 1.54. The first kappa shape index (κ1) is 23.7. The van der Waals surface area contributed by atoms with Crippen molar-refractivity contribution in [1.29, 1.82) is 0 Å². The normalized spacial score (nSPS) is 11.0. The molecule has 10 heteroatoms. The molecule has 0 atom stereocenters. The standard InChI is InChI=1S/C22H25ClN4O4S/c1-13(2)10-26-20(23)19(14(3)25-26)21(29)31-11-16-12-32-22(24-16)27(15(4)28)17-8-6-7-9-18(17)30-5/h6-9,12-13H,10-11H2,1-5H3. The molecule has 0 aliphatic carbocycles. The maximum atomic E-state index is 12.6. The third-order valence-electron chi connectivity index (χ3n) is 4.53. The van der Waals surface area contributed by atoms with Gasteiger partial charge in [-0.05, 0) is 25.0 Å². The molecule has 2 heterocycles. The fourth-order valence-electron chi connectivity index (χ4n) is 3.15. The lowest BCUT2D eigenvalue weighted by molar-refractivity contribution is -0.115. The number of para-hydroxylation sites is 2. The van der Waals surface area contributed by atoms with Gasteiger partial charge in [-0.25, -0.2) is 9.78 Å². The van der Waals surface area contributed by atoms with Crippen LogP contribution in [0.3, 0.4) is 0 Å². The third-order valence-corrected chi connectivity index (χ3v) is 5.79. The Morgan fingerprint density at radius 3 is 2.66 bits per heavy atom. The van der Waals surface area contributed by atoms with Crippen molar-refractivity contribution in [2.45, 2.75) is 40.8 Å². The molecule has 3 rings (SSSR count). The van der Waals surface area contributed by atoms with Crippen molar-refractivity contribution in [3.05, 3.63) is 51.7 Å². The lowest BCUT2D eigenvalue weighted by Gasteiger charge is -2.20. The largest absolute Gasteiger partial charge is 0.495 e. The number of hydrogen-bond acceptors (Lipinski definition) is 7. The van der Waals surface area contributed by atoms with Crippen LogP contribution in [0, 0.1) is 12.8 Å². The second-order valence-corrected chi connectivity index (χ2v) is 8.75. The number of nitrogens with zero attached hydrogens (tertiary/aromatic N) is 4. The molecule has 3 aromatic rings. The Labute approximate surface area is 195 Å². The highest BCUT2D eigenvalue weighted by Crippen LogP contribution is 2.35. The van der Waals surface area contributed by atoms with Crippen LogP contribution in [0.5, 0.6) is 5.75 Å². The van der Waals surface area contributed by atoms with Gasteiger partial charge in [-0.3, -0.25) is 14.4 Å². The predicted molar refractivity (Wildman–Crippen MR) is 124 cm³/mol. The molecule has 0 unspecified atom stereocenters. The van der Waals surface area contributed by atoms with Crippen LogP contribution in [-0.4, -0.2) is 33.8 Å². The zero-order chi connectivity index (χ0) is 23.4. The van der Waals surface area contributed by atoms with E-state index in [4.69, 9.17) is 21.1 Å². The first-order valence-electron chi connectivity index (χ1n) is 10.0. The molecule has 0 aliphatic rings. The quantitative estimate of drug-likeness (QED) is 0.425. The van der Waals surface area contributed by atoms with Gasteiger partial charge in [-0.2, -0.15) is 5.10 Å². The summed E-state index contributed by atoms with van der Waals surface area (Å²) in [5.41, 5.74) is 1.86. The molecule has 0 spiro atoms. The maximum Gasteiger partial charge on any atom is 0.343 e. The summed E-state index contributed by atoms with van der Waals surface area (Å²) in [5.74, 6) is 0.100. The van der Waals surface area contributed by atoms with Crippen molar-refractivity contribution in [1.82, 2.24) is 14.8 Å². The molecule has 8 nitrogen and oxygen atoms in total. The Morgan fingerprint density at radius 2 is 2.00 bits per heavy atom. The number of aryl methyl sites for hydroxylation is 1. The Bertz CT molecular complexity index is 1130. The average molecular weight is 477 g/mol. The minimum Gasteiger partial charge on any atom is -0.495 e. The molecule has 0 saturated carbocycles. The van der Waals surface area contributed by atoms with Gasteiger partial charge < -0.3 is 9.47 Å². The Kier molecular flexibility index (Phi) is 7.52. The smallest absolute Gasteiger partial charge is 0.343 e. The number of anilines is 2. The number of thiazole rings is 1. The minimum atomic E-state index is -0.565. The summed E-state index contributed by atoms with van der Waals surface area (Å²) in [5, 5.41) is 6.79. The number of aromatic nitrogens is 3. The Balaban J connectivity index is 1.76. The molecule has 0 N–H and O–H groups in total. The molecule has 0 saturated heterocycles. The van der Waals surface area contributed by atoms with Crippen molar-refractivity contribution in [2.24, 2.45) is 5.92 Å². The van der Waals surface area contributed by atoms with Crippen LogP contribution < -0.4 is 9.64 Å². The van der Waals surface area contributed by atoms with Crippen LogP contribution in [-0.2, 0) is 22.7 Å². The fraction of sp³-hybridized carbons (Fsp3) is 0.364. The second-order valence-electron chi connectivity index (χ2n) is 7.55. The Hall–Kier alpha value is -2.91. The highest BCUT2D eigenvalue weighted by atomic mass is 35.5. The number of carbonyl (C=O) groups excluding carboxylic acids is 2. The summed E-state index contributed by atoms with van der Waals surface area (Å²) in [6, 6.07) is 7.19. The number of hydrogen-bond donors (Lipinski definition) is 0. The first-order chi connectivity index (χ1) is 15.2. The van der Waals surface area contributed by atoms with Crippen LogP contribution in [0.15, 0.2) is 29.6 Å². The van der Waals surface area contributed by atoms with E-state index in [1.54, 1.807) is 36.2 Å². The van der Waals surface area contributed by atoms with Crippen LogP contribution in [0.1, 0.15) is 42.5 Å². The van der Waals surface area contributed by atoms with E-state index in [1.165, 1.54) is 23.2 Å². The van der Waals surface area contributed by atoms with E-state index < -0.39 is 5.97 Å². The maximum absolute atomic E-state index is 12.6. The van der Waals surface area contributed by atoms with Crippen molar-refractivity contribution in [2.75, 3.05) is 12.0 Å². The number of halogens is 1. The molecule has 170 valence electrons. The number of methoxy groups -OCH3 is 1. The van der Waals surface area contributed by atoms with Gasteiger partial charge in [-0.15, -0.1) is 11.3 Å². The predicted octanol–water partition coefficient (Wildman–Crippen LogP) is 5.01. The highest BCUT2D eigenvalue weighted by Gasteiger charge is 2.24. The van der Waals surface area contributed by atoms with Gasteiger partial charge in [0.2, 0.25) is 5.91 Å². The lowest BCUT2D eigenvalue weighted by Crippen LogP contribution is -2.23. The van der Waals surface area contributed by atoms with Crippen molar-refractivity contribution >= 4 is 45.6 Å². The van der Waals surface area contributed by atoms with Gasteiger partial charge in [0, 0.05) is 18.8 Å². The monoisotopic (exact) mass is 476 g/mol. The zero-order valence-electron chi connectivity index (χ0n) is 18.6. The zero-order valence-corrected chi connectivity index (χ0v) is 20.2. The second kappa shape index (κ2) is 10.1. The average Bonchev–Trinajstić information content (AvgIpc) is 3.30. The van der Waals surface area contributed by atoms with Gasteiger partial charge >= 0.3 is 5.97 Å². The summed E-state index contributed by atoms with van der Waals surface area (Å²) in [4.78, 5) is 30.9. The van der Waals surface area contributed by atoms with E-state index in [0.717, 1.165) is 0 Å². The molecule has 0 fully saturated rings. The number of rotatable bonds is 8. The van der Waals surface area contributed by atoms with E-state index in [2.05, 4.69) is 10.1 Å². The molecule has 0 aliphatic heterocycles. The Morgan fingerprint density at radius 1 is 1.28 bits per heavy atom. The van der Waals surface area contributed by atoms with Crippen LogP contribution in [0.4, 0.5) is 10.8 Å². The number of ether oxygens (including phenoxy) is 2. The van der Waals surface area contributed by atoms with E-state index in [0.29, 0.717) is 40.4 Å². The van der Waals surface area contributed by atoms with Gasteiger partial charge in [0.05, 0.1) is 24.2 Å². The highest BCUT2D eigenvalue weighted by molar-refractivity contribution is 7.14. The molecular formula is C22H25ClN4O4S. The van der Waals surface area contributed by atoms with Crippen molar-refractivity contribution in [3.63, 3.8) is 0 Å². The van der Waals surface area contributed by atoms with Gasteiger partial charge in [0.1, 0.15) is 23.1 Å². The van der Waals surface area contributed by atoms with Crippen LogP contribution in [0.25, 0.3) is 0 Å². The van der Waals surface area contributed by atoms with E-state index in [9.17, 15) is 9.59 Å². The van der Waals surface area contributed by atoms with Gasteiger partial charge in [0.15, 0.2) is 5.13 Å². The van der Waals surface area contributed by atoms with Crippen LogP contribution in [0.2, 0.25) is 5.15 Å². The molecule has 32 heavy (non-hydrogen) atoms. The van der Waals surface area contributed by atoms with E-state index in [-0.39, 0.29) is 23.2 Å². The van der Waals surface area contributed by atoms with Crippen molar-refractivity contribution < 1.29 is 19.1 Å². The minimum absolute atomic E-state index is 0.0574.